The largest absolute Gasteiger partial charge is 0.317 e. The van der Waals surface area contributed by atoms with Crippen molar-refractivity contribution in [1.82, 2.24) is 10.2 Å². The Morgan fingerprint density at radius 3 is 2.45 bits per heavy atom. The molecule has 0 aromatic heterocycles. The monoisotopic (exact) mass is 290 g/mol. The zero-order valence-corrected chi connectivity index (χ0v) is 12.6. The highest BCUT2D eigenvalue weighted by Crippen LogP contribution is 2.50. The maximum absolute atomic E-state index is 12.6. The highest BCUT2D eigenvalue weighted by molar-refractivity contribution is 7.84. The normalized spacial score (nSPS) is 25.8. The third kappa shape index (κ3) is 2.00. The summed E-state index contributed by atoms with van der Waals surface area (Å²) in [5.41, 5.74) is -0.184. The van der Waals surface area contributed by atoms with E-state index in [2.05, 4.69) is 30.1 Å². The van der Waals surface area contributed by atoms with Gasteiger partial charge in [0.15, 0.2) is 0 Å². The predicted molar refractivity (Wildman–Crippen MR) is 77.2 cm³/mol. The molecule has 0 aliphatic carbocycles. The van der Waals surface area contributed by atoms with Gasteiger partial charge in [-0.15, -0.1) is 12.6 Å². The van der Waals surface area contributed by atoms with E-state index in [-0.39, 0.29) is 11.9 Å². The molecular weight excluding hydrogens is 272 g/mol. The minimum Gasteiger partial charge on any atom is -0.317 e. The summed E-state index contributed by atoms with van der Waals surface area (Å²) in [5.74, 6) is -1.02. The molecule has 0 aromatic rings. The number of amides is 1. The molecule has 106 valence electrons. The van der Waals surface area contributed by atoms with Gasteiger partial charge >= 0.3 is 0 Å². The number of rotatable bonds is 1. The highest BCUT2D eigenvalue weighted by atomic mass is 32.1. The third-order valence-electron chi connectivity index (χ3n) is 4.24. The molecule has 6 heteroatoms. The van der Waals surface area contributed by atoms with E-state index in [0.717, 1.165) is 0 Å². The first kappa shape index (κ1) is 14.9. The number of carbonyl (C=O) groups is 1. The van der Waals surface area contributed by atoms with Gasteiger partial charge in [0.05, 0.1) is 22.7 Å². The minimum atomic E-state index is -0.794. The second-order valence-corrected chi connectivity index (χ2v) is 6.00. The fraction of sp³-hybridized carbons (Fsp3) is 0.643. The molecule has 1 N–H and O–H groups in total. The fourth-order valence-electron chi connectivity index (χ4n) is 3.22. The predicted octanol–water partition coefficient (Wildman–Crippen LogP) is 1.41. The van der Waals surface area contributed by atoms with E-state index in [1.54, 1.807) is 0 Å². The van der Waals surface area contributed by atoms with Gasteiger partial charge in [-0.1, -0.05) is 0 Å². The van der Waals surface area contributed by atoms with Crippen molar-refractivity contribution in [3.05, 3.63) is 10.6 Å². The Bertz CT molecular complexity index is 534. The van der Waals surface area contributed by atoms with Gasteiger partial charge in [-0.05, 0) is 39.8 Å². The average Bonchev–Trinajstić information content (AvgIpc) is 2.40. The van der Waals surface area contributed by atoms with Gasteiger partial charge in [0.25, 0.3) is 0 Å². The molecule has 2 rings (SSSR count). The van der Waals surface area contributed by atoms with Gasteiger partial charge in [0, 0.05) is 11.5 Å². The van der Waals surface area contributed by atoms with Crippen LogP contribution in [0.15, 0.2) is 10.6 Å². The molecule has 1 spiro atoms. The molecule has 0 bridgehead atoms. The van der Waals surface area contributed by atoms with Gasteiger partial charge in [0.2, 0.25) is 5.91 Å². The van der Waals surface area contributed by atoms with Crippen LogP contribution in [-0.4, -0.2) is 29.9 Å². The smallest absolute Gasteiger partial charge is 0.245 e. The van der Waals surface area contributed by atoms with Gasteiger partial charge in [0.1, 0.15) is 5.92 Å². The molecule has 0 radical (unpaired) electrons. The van der Waals surface area contributed by atoms with Gasteiger partial charge in [-0.2, -0.15) is 10.5 Å². The van der Waals surface area contributed by atoms with Gasteiger partial charge < -0.3 is 10.2 Å². The van der Waals surface area contributed by atoms with Crippen LogP contribution < -0.4 is 5.32 Å². The topological polar surface area (TPSA) is 79.9 Å². The van der Waals surface area contributed by atoms with Gasteiger partial charge in [-0.25, -0.2) is 0 Å². The molecule has 1 atom stereocenters. The van der Waals surface area contributed by atoms with Crippen molar-refractivity contribution in [3.63, 3.8) is 0 Å². The zero-order chi connectivity index (χ0) is 14.9. The molecule has 0 saturated carbocycles. The Kier molecular flexibility index (Phi) is 4.08. The Morgan fingerprint density at radius 2 is 2.00 bits per heavy atom. The number of hydrogen-bond acceptors (Lipinski definition) is 5. The summed E-state index contributed by atoms with van der Waals surface area (Å²) in [6, 6.07) is 4.24. The Hall–Kier alpha value is -1.50. The van der Waals surface area contributed by atoms with Crippen LogP contribution in [-0.2, 0) is 4.79 Å². The number of nitrogens with zero attached hydrogens (tertiary/aromatic N) is 3. The minimum absolute atomic E-state index is 0.117. The van der Waals surface area contributed by atoms with Crippen LogP contribution in [0.25, 0.3) is 0 Å². The van der Waals surface area contributed by atoms with Crippen LogP contribution in [0.2, 0.25) is 0 Å². The van der Waals surface area contributed by atoms with Crippen LogP contribution in [0.5, 0.6) is 0 Å². The summed E-state index contributed by atoms with van der Waals surface area (Å²) in [5, 5.41) is 22.7. The van der Waals surface area contributed by atoms with Crippen molar-refractivity contribution in [2.75, 3.05) is 13.1 Å². The summed E-state index contributed by atoms with van der Waals surface area (Å²) in [6.07, 6.45) is 1.24. The molecule has 2 aliphatic heterocycles. The van der Waals surface area contributed by atoms with Crippen molar-refractivity contribution in [3.8, 4) is 12.1 Å². The molecule has 0 aromatic carbocycles. The quantitative estimate of drug-likeness (QED) is 0.716. The number of allylic oxidation sites excluding steroid dienone is 1. The van der Waals surface area contributed by atoms with Crippen molar-refractivity contribution >= 4 is 18.5 Å². The van der Waals surface area contributed by atoms with Crippen LogP contribution in [0.3, 0.4) is 0 Å². The van der Waals surface area contributed by atoms with E-state index in [0.29, 0.717) is 36.5 Å². The van der Waals surface area contributed by atoms with Crippen LogP contribution in [0, 0.1) is 34.0 Å². The van der Waals surface area contributed by atoms with Crippen LogP contribution in [0.4, 0.5) is 0 Å². The molecule has 2 aliphatic rings. The van der Waals surface area contributed by atoms with E-state index < -0.39 is 11.3 Å². The lowest BCUT2D eigenvalue weighted by atomic mass is 9.63. The summed E-state index contributed by atoms with van der Waals surface area (Å²) >= 11 is 4.43. The molecule has 1 amide bonds. The number of piperidine rings is 1. The summed E-state index contributed by atoms with van der Waals surface area (Å²) < 4.78 is 0. The molecule has 0 unspecified atom stereocenters. The lowest BCUT2D eigenvalue weighted by Gasteiger charge is -2.47. The summed E-state index contributed by atoms with van der Waals surface area (Å²) in [6.45, 7) is 5.13. The van der Waals surface area contributed by atoms with E-state index >= 15 is 0 Å². The van der Waals surface area contributed by atoms with Gasteiger partial charge in [-0.3, -0.25) is 4.79 Å². The average molecular weight is 290 g/mol. The maximum atomic E-state index is 12.6. The lowest BCUT2D eigenvalue weighted by Crippen LogP contribution is -2.54. The first-order chi connectivity index (χ1) is 9.49. The van der Waals surface area contributed by atoms with E-state index in [1.807, 2.05) is 13.8 Å². The first-order valence-corrected chi connectivity index (χ1v) is 7.21. The highest BCUT2D eigenvalue weighted by Gasteiger charge is 2.53. The second kappa shape index (κ2) is 5.47. The molecule has 2 heterocycles. The Labute approximate surface area is 124 Å². The lowest BCUT2D eigenvalue weighted by molar-refractivity contribution is -0.138. The molecular formula is C14H18N4OS. The van der Waals surface area contributed by atoms with E-state index in [4.69, 9.17) is 0 Å². The third-order valence-corrected chi connectivity index (χ3v) is 4.68. The number of nitriles is 2. The van der Waals surface area contributed by atoms with E-state index in [9.17, 15) is 15.3 Å². The number of thiol groups is 1. The Morgan fingerprint density at radius 1 is 1.40 bits per heavy atom. The SMILES string of the molecule is CC(C)N1C(=O)[C@@H](C#N)C2(CCNCC2)C(C#N)=C1S. The number of nitrogens with one attached hydrogen (secondary N) is 1. The molecule has 1 fully saturated rings. The Balaban J connectivity index is 2.64. The number of hydrogen-bond donors (Lipinski definition) is 2. The zero-order valence-electron chi connectivity index (χ0n) is 11.7. The van der Waals surface area contributed by atoms with Crippen molar-refractivity contribution < 1.29 is 4.79 Å². The van der Waals surface area contributed by atoms with Crippen molar-refractivity contribution in [1.29, 1.82) is 10.5 Å². The van der Waals surface area contributed by atoms with Crippen LogP contribution in [0.1, 0.15) is 26.7 Å². The van der Waals surface area contributed by atoms with Crippen LogP contribution >= 0.6 is 12.6 Å². The van der Waals surface area contributed by atoms with Crippen molar-refractivity contribution in [2.45, 2.75) is 32.7 Å². The molecule has 20 heavy (non-hydrogen) atoms. The molecule has 1 saturated heterocycles. The standard InChI is InChI=1S/C14H18N4OS/c1-9(2)18-12(19)10(7-15)14(3-5-17-6-4-14)11(8-16)13(18)20/h9-10,17,20H,3-6H2,1-2H3/t10-/m1/s1. The maximum Gasteiger partial charge on any atom is 0.245 e. The first-order valence-electron chi connectivity index (χ1n) is 6.77. The van der Waals surface area contributed by atoms with Crippen molar-refractivity contribution in [2.24, 2.45) is 11.3 Å². The fourth-order valence-corrected chi connectivity index (χ4v) is 3.82. The summed E-state index contributed by atoms with van der Waals surface area (Å²) in [7, 11) is 0. The summed E-state index contributed by atoms with van der Waals surface area (Å²) in [4.78, 5) is 14.1. The van der Waals surface area contributed by atoms with E-state index in [1.165, 1.54) is 4.90 Å². The second-order valence-electron chi connectivity index (χ2n) is 5.58. The number of carbonyl (C=O) groups excluding carboxylic acids is 1. The molecule has 5 nitrogen and oxygen atoms in total.